The monoisotopic (exact) mass is 392 g/mol. The predicted molar refractivity (Wildman–Crippen MR) is 114 cm³/mol. The van der Waals surface area contributed by atoms with Crippen LogP contribution in [0.4, 0.5) is 0 Å². The van der Waals surface area contributed by atoms with Gasteiger partial charge in [-0.3, -0.25) is 0 Å². The molecule has 1 aliphatic carbocycles. The largest absolute Gasteiger partial charge is 0.508 e. The average molecular weight is 393 g/mol. The summed E-state index contributed by atoms with van der Waals surface area (Å²) in [6.07, 6.45) is 7.63. The highest BCUT2D eigenvalue weighted by Crippen LogP contribution is 2.16. The lowest BCUT2D eigenvalue weighted by atomic mass is 9.98. The number of aliphatic hydroxyl groups excluding tert-OH is 2. The molecule has 0 unspecified atom stereocenters. The van der Waals surface area contributed by atoms with Crippen molar-refractivity contribution in [3.63, 3.8) is 0 Å². The molecule has 5 nitrogen and oxygen atoms in total. The molecule has 1 fully saturated rings. The Morgan fingerprint density at radius 2 is 1.21 bits per heavy atom. The Labute approximate surface area is 168 Å². The molecule has 0 spiro atoms. The molecule has 0 saturated heterocycles. The molecule has 1 saturated carbocycles. The van der Waals surface area contributed by atoms with Gasteiger partial charge in [0.25, 0.3) is 0 Å². The van der Waals surface area contributed by atoms with Crippen LogP contribution in [0.15, 0.2) is 54.6 Å². The first-order chi connectivity index (χ1) is 13.4. The Hall–Kier alpha value is -2.24. The zero-order valence-electron chi connectivity index (χ0n) is 17.0. The normalized spacial score (nSPS) is 13.2. The third-order valence-electron chi connectivity index (χ3n) is 4.10. The zero-order chi connectivity index (χ0) is 21.2. The third kappa shape index (κ3) is 16.0. The predicted octanol–water partition coefficient (Wildman–Crippen LogP) is 4.97. The number of aromatic hydroxyl groups is 3. The Morgan fingerprint density at radius 3 is 1.43 bits per heavy atom. The number of para-hydroxylation sites is 1. The van der Waals surface area contributed by atoms with Gasteiger partial charge in [0.15, 0.2) is 0 Å². The standard InChI is InChI=1S/C6H6O2.C6H12O.C6H6O.C5H12O/c7-5-2-1-3-6(8)4-5;2*7-6-4-2-1-3-5-6;1-3-5(6)4-2/h1-4,7-8H;6-7H,1-5H2;1-5,7H;5-6H,3-4H2,1-2H3. The Morgan fingerprint density at radius 1 is 0.750 bits per heavy atom. The van der Waals surface area contributed by atoms with Crippen LogP contribution in [-0.2, 0) is 0 Å². The van der Waals surface area contributed by atoms with E-state index < -0.39 is 0 Å². The van der Waals surface area contributed by atoms with Gasteiger partial charge in [0.1, 0.15) is 17.2 Å². The maximum Gasteiger partial charge on any atom is 0.119 e. The van der Waals surface area contributed by atoms with Gasteiger partial charge in [-0.15, -0.1) is 0 Å². The number of phenols is 3. The Kier molecular flexibility index (Phi) is 15.5. The van der Waals surface area contributed by atoms with E-state index in [1.54, 1.807) is 30.3 Å². The summed E-state index contributed by atoms with van der Waals surface area (Å²) in [6.45, 7) is 3.96. The van der Waals surface area contributed by atoms with Crippen molar-refractivity contribution in [2.24, 2.45) is 0 Å². The Balaban J connectivity index is 0.000000349. The van der Waals surface area contributed by atoms with E-state index in [2.05, 4.69) is 0 Å². The molecule has 0 bridgehead atoms. The second kappa shape index (κ2) is 16.9. The molecule has 2 aromatic rings. The number of hydrogen-bond donors (Lipinski definition) is 5. The number of phenolic OH excluding ortho intramolecular Hbond substituents is 3. The summed E-state index contributed by atoms with van der Waals surface area (Å²) in [6, 6.07) is 14.6. The van der Waals surface area contributed by atoms with Gasteiger partial charge in [0, 0.05) is 6.07 Å². The van der Waals surface area contributed by atoms with Crippen molar-refractivity contribution in [2.75, 3.05) is 0 Å². The fourth-order valence-corrected chi connectivity index (χ4v) is 2.29. The fourth-order valence-electron chi connectivity index (χ4n) is 2.29. The minimum absolute atomic E-state index is 0.0359. The van der Waals surface area contributed by atoms with Gasteiger partial charge in [-0.25, -0.2) is 0 Å². The lowest BCUT2D eigenvalue weighted by molar-refractivity contribution is 0.130. The van der Waals surface area contributed by atoms with Crippen molar-refractivity contribution in [3.05, 3.63) is 54.6 Å². The summed E-state index contributed by atoms with van der Waals surface area (Å²) < 4.78 is 0. The molecule has 0 heterocycles. The van der Waals surface area contributed by atoms with Crippen LogP contribution in [0.1, 0.15) is 58.8 Å². The summed E-state index contributed by atoms with van der Waals surface area (Å²) in [4.78, 5) is 0. The molecule has 28 heavy (non-hydrogen) atoms. The van der Waals surface area contributed by atoms with Crippen LogP contribution in [0.2, 0.25) is 0 Å². The summed E-state index contributed by atoms with van der Waals surface area (Å²) >= 11 is 0. The number of hydrogen-bond acceptors (Lipinski definition) is 5. The molecule has 2 aromatic carbocycles. The molecule has 158 valence electrons. The van der Waals surface area contributed by atoms with Crippen molar-refractivity contribution in [1.82, 2.24) is 0 Å². The lowest BCUT2D eigenvalue weighted by Gasteiger charge is -2.14. The summed E-state index contributed by atoms with van der Waals surface area (Å²) in [5, 5.41) is 43.5. The average Bonchev–Trinajstić information content (AvgIpc) is 2.70. The summed E-state index contributed by atoms with van der Waals surface area (Å²) in [5.74, 6) is 0.498. The summed E-state index contributed by atoms with van der Waals surface area (Å²) in [5.41, 5.74) is 0. The van der Waals surface area contributed by atoms with Crippen molar-refractivity contribution in [3.8, 4) is 17.2 Å². The van der Waals surface area contributed by atoms with Crippen LogP contribution in [-0.4, -0.2) is 37.7 Å². The van der Waals surface area contributed by atoms with Crippen molar-refractivity contribution < 1.29 is 25.5 Å². The molecular formula is C23H36O5. The van der Waals surface area contributed by atoms with Crippen molar-refractivity contribution in [2.45, 2.75) is 71.0 Å². The van der Waals surface area contributed by atoms with Crippen LogP contribution in [0.5, 0.6) is 17.2 Å². The van der Waals surface area contributed by atoms with Gasteiger partial charge in [0.2, 0.25) is 0 Å². The highest BCUT2D eigenvalue weighted by atomic mass is 16.3. The molecule has 0 atom stereocenters. The highest BCUT2D eigenvalue weighted by Gasteiger charge is 2.07. The minimum atomic E-state index is -0.0648. The van der Waals surface area contributed by atoms with E-state index in [0.717, 1.165) is 25.7 Å². The van der Waals surface area contributed by atoms with E-state index in [1.165, 1.54) is 37.5 Å². The molecule has 0 amide bonds. The topological polar surface area (TPSA) is 101 Å². The van der Waals surface area contributed by atoms with Crippen LogP contribution in [0, 0.1) is 0 Å². The van der Waals surface area contributed by atoms with Gasteiger partial charge in [-0.2, -0.15) is 0 Å². The molecule has 0 aliphatic heterocycles. The maximum absolute atomic E-state index is 8.91. The van der Waals surface area contributed by atoms with E-state index in [9.17, 15) is 0 Å². The molecule has 0 radical (unpaired) electrons. The zero-order valence-corrected chi connectivity index (χ0v) is 17.0. The molecule has 5 heteroatoms. The number of benzene rings is 2. The Bertz CT molecular complexity index is 561. The maximum atomic E-state index is 8.91. The van der Waals surface area contributed by atoms with Gasteiger partial charge in [0.05, 0.1) is 12.2 Å². The first-order valence-corrected chi connectivity index (χ1v) is 9.97. The minimum Gasteiger partial charge on any atom is -0.508 e. The van der Waals surface area contributed by atoms with E-state index >= 15 is 0 Å². The first-order valence-electron chi connectivity index (χ1n) is 9.97. The number of rotatable bonds is 2. The summed E-state index contributed by atoms with van der Waals surface area (Å²) in [7, 11) is 0. The molecule has 1 aliphatic rings. The van der Waals surface area contributed by atoms with Gasteiger partial charge in [-0.1, -0.05) is 57.4 Å². The van der Waals surface area contributed by atoms with Gasteiger partial charge in [-0.05, 0) is 49.9 Å². The van der Waals surface area contributed by atoms with Crippen molar-refractivity contribution in [1.29, 1.82) is 0 Å². The molecular weight excluding hydrogens is 356 g/mol. The van der Waals surface area contributed by atoms with Gasteiger partial charge < -0.3 is 25.5 Å². The second-order valence-electron chi connectivity index (χ2n) is 6.62. The highest BCUT2D eigenvalue weighted by molar-refractivity contribution is 5.30. The van der Waals surface area contributed by atoms with Crippen molar-refractivity contribution >= 4 is 0 Å². The molecule has 5 N–H and O–H groups in total. The fraction of sp³-hybridized carbons (Fsp3) is 0.478. The second-order valence-corrected chi connectivity index (χ2v) is 6.62. The van der Waals surface area contributed by atoms with E-state index in [1.807, 2.05) is 19.9 Å². The van der Waals surface area contributed by atoms with Crippen LogP contribution in [0.3, 0.4) is 0 Å². The third-order valence-corrected chi connectivity index (χ3v) is 4.10. The molecule has 3 rings (SSSR count). The molecule has 0 aromatic heterocycles. The van der Waals surface area contributed by atoms with E-state index in [4.69, 9.17) is 25.5 Å². The van der Waals surface area contributed by atoms with Gasteiger partial charge >= 0.3 is 0 Å². The van der Waals surface area contributed by atoms with Crippen LogP contribution >= 0.6 is 0 Å². The first kappa shape index (κ1) is 25.8. The van der Waals surface area contributed by atoms with E-state index in [0.29, 0.717) is 5.75 Å². The lowest BCUT2D eigenvalue weighted by Crippen LogP contribution is -2.09. The van der Waals surface area contributed by atoms with Crippen LogP contribution < -0.4 is 0 Å². The van der Waals surface area contributed by atoms with E-state index in [-0.39, 0.29) is 23.7 Å². The smallest absolute Gasteiger partial charge is 0.119 e. The quantitative estimate of drug-likeness (QED) is 0.497. The van der Waals surface area contributed by atoms with Crippen LogP contribution in [0.25, 0.3) is 0 Å². The SMILES string of the molecule is CCC(O)CC.OC1CCCCC1.Oc1cccc(O)c1.Oc1ccccc1. The number of aliphatic hydroxyl groups is 2.